The van der Waals surface area contributed by atoms with Crippen LogP contribution in [0.4, 0.5) is 0 Å². The number of aliphatic hydroxyl groups excluding tert-OH is 1. The first-order chi connectivity index (χ1) is 8.56. The molecule has 0 aromatic carbocycles. The standard InChI is InChI=1S/C12H18ClN3O2/c1-8-3-11(13)15-12(14-8)6-16-4-9(2)18-10(5-16)7-17/h3,9-10,17H,4-7H2,1-2H3. The van der Waals surface area contributed by atoms with E-state index in [1.54, 1.807) is 6.07 Å². The fourth-order valence-corrected chi connectivity index (χ4v) is 2.49. The maximum absolute atomic E-state index is 9.18. The first kappa shape index (κ1) is 13.7. The van der Waals surface area contributed by atoms with Crippen LogP contribution in [-0.2, 0) is 11.3 Å². The van der Waals surface area contributed by atoms with Gasteiger partial charge >= 0.3 is 0 Å². The van der Waals surface area contributed by atoms with Gasteiger partial charge in [0.1, 0.15) is 11.0 Å². The molecule has 1 fully saturated rings. The van der Waals surface area contributed by atoms with Crippen molar-refractivity contribution >= 4 is 11.6 Å². The molecule has 0 radical (unpaired) electrons. The van der Waals surface area contributed by atoms with Crippen LogP contribution in [0.2, 0.25) is 5.15 Å². The Labute approximate surface area is 112 Å². The van der Waals surface area contributed by atoms with Gasteiger partial charge in [-0.15, -0.1) is 0 Å². The fourth-order valence-electron chi connectivity index (χ4n) is 2.23. The molecule has 0 saturated carbocycles. The maximum atomic E-state index is 9.18. The minimum Gasteiger partial charge on any atom is -0.394 e. The summed E-state index contributed by atoms with van der Waals surface area (Å²) < 4.78 is 5.59. The van der Waals surface area contributed by atoms with Crippen LogP contribution < -0.4 is 0 Å². The van der Waals surface area contributed by atoms with Crippen LogP contribution in [-0.4, -0.2) is 51.9 Å². The van der Waals surface area contributed by atoms with E-state index in [0.29, 0.717) is 24.1 Å². The molecule has 100 valence electrons. The second-order valence-corrected chi connectivity index (χ2v) is 5.08. The lowest BCUT2D eigenvalue weighted by molar-refractivity contribution is -0.0977. The summed E-state index contributed by atoms with van der Waals surface area (Å²) in [7, 11) is 0. The molecule has 1 aliphatic rings. The highest BCUT2D eigenvalue weighted by Crippen LogP contribution is 2.14. The van der Waals surface area contributed by atoms with Gasteiger partial charge < -0.3 is 9.84 Å². The van der Waals surface area contributed by atoms with E-state index in [0.717, 1.165) is 12.2 Å². The highest BCUT2D eigenvalue weighted by Gasteiger charge is 2.25. The highest BCUT2D eigenvalue weighted by molar-refractivity contribution is 6.29. The van der Waals surface area contributed by atoms with E-state index in [-0.39, 0.29) is 18.8 Å². The minimum atomic E-state index is -0.131. The lowest BCUT2D eigenvalue weighted by Crippen LogP contribution is -2.47. The van der Waals surface area contributed by atoms with Gasteiger partial charge in [0, 0.05) is 18.8 Å². The van der Waals surface area contributed by atoms with Gasteiger partial charge in [0.2, 0.25) is 0 Å². The first-order valence-corrected chi connectivity index (χ1v) is 6.43. The number of hydrogen-bond acceptors (Lipinski definition) is 5. The Kier molecular flexibility index (Phi) is 4.50. The van der Waals surface area contributed by atoms with E-state index < -0.39 is 0 Å². The monoisotopic (exact) mass is 271 g/mol. The molecule has 1 aromatic rings. The van der Waals surface area contributed by atoms with E-state index in [9.17, 15) is 5.11 Å². The van der Waals surface area contributed by atoms with Crippen molar-refractivity contribution < 1.29 is 9.84 Å². The van der Waals surface area contributed by atoms with Crippen molar-refractivity contribution in [3.05, 3.63) is 22.7 Å². The summed E-state index contributed by atoms with van der Waals surface area (Å²) in [5.74, 6) is 0.714. The van der Waals surface area contributed by atoms with Crippen molar-refractivity contribution in [2.75, 3.05) is 19.7 Å². The zero-order chi connectivity index (χ0) is 13.1. The molecule has 1 aromatic heterocycles. The number of aliphatic hydroxyl groups is 1. The Hall–Kier alpha value is -0.750. The predicted molar refractivity (Wildman–Crippen MR) is 68.5 cm³/mol. The van der Waals surface area contributed by atoms with Gasteiger partial charge in [0.05, 0.1) is 25.4 Å². The summed E-state index contributed by atoms with van der Waals surface area (Å²) in [5, 5.41) is 9.65. The Morgan fingerprint density at radius 1 is 1.50 bits per heavy atom. The molecule has 5 nitrogen and oxygen atoms in total. The lowest BCUT2D eigenvalue weighted by atomic mass is 10.2. The van der Waals surface area contributed by atoms with Crippen molar-refractivity contribution in [3.63, 3.8) is 0 Å². The van der Waals surface area contributed by atoms with E-state index >= 15 is 0 Å². The molecular weight excluding hydrogens is 254 g/mol. The number of morpholine rings is 1. The van der Waals surface area contributed by atoms with Crippen LogP contribution >= 0.6 is 11.6 Å². The van der Waals surface area contributed by atoms with Gasteiger partial charge in [-0.05, 0) is 19.9 Å². The molecule has 2 atom stereocenters. The molecule has 0 spiro atoms. The Morgan fingerprint density at radius 2 is 2.28 bits per heavy atom. The molecule has 1 N–H and O–H groups in total. The largest absolute Gasteiger partial charge is 0.394 e. The van der Waals surface area contributed by atoms with Crippen LogP contribution in [0.3, 0.4) is 0 Å². The second kappa shape index (κ2) is 5.93. The van der Waals surface area contributed by atoms with Crippen molar-refractivity contribution in [1.82, 2.24) is 14.9 Å². The molecule has 18 heavy (non-hydrogen) atoms. The predicted octanol–water partition coefficient (Wildman–Crippen LogP) is 1.02. The van der Waals surface area contributed by atoms with Crippen molar-refractivity contribution in [2.45, 2.75) is 32.6 Å². The summed E-state index contributed by atoms with van der Waals surface area (Å²) in [6.07, 6.45) is -0.0230. The average Bonchev–Trinajstić information content (AvgIpc) is 2.26. The van der Waals surface area contributed by atoms with Gasteiger partial charge in [-0.3, -0.25) is 4.90 Å². The first-order valence-electron chi connectivity index (χ1n) is 6.05. The number of nitrogens with zero attached hydrogens (tertiary/aromatic N) is 3. The molecule has 0 amide bonds. The van der Waals surface area contributed by atoms with Crippen LogP contribution in [0.25, 0.3) is 0 Å². The quantitative estimate of drug-likeness (QED) is 0.832. The Morgan fingerprint density at radius 3 is 2.94 bits per heavy atom. The summed E-state index contributed by atoms with van der Waals surface area (Å²) in [6, 6.07) is 1.74. The molecule has 0 aliphatic carbocycles. The summed E-state index contributed by atoms with van der Waals surface area (Å²) in [6.45, 7) is 6.07. The van der Waals surface area contributed by atoms with Crippen molar-refractivity contribution in [1.29, 1.82) is 0 Å². The Balaban J connectivity index is 2.03. The van der Waals surface area contributed by atoms with Crippen molar-refractivity contribution in [2.24, 2.45) is 0 Å². The van der Waals surface area contributed by atoms with E-state index in [1.807, 2.05) is 13.8 Å². The minimum absolute atomic E-state index is 0.0380. The molecular formula is C12H18ClN3O2. The number of halogens is 1. The molecule has 0 bridgehead atoms. The third kappa shape index (κ3) is 3.62. The zero-order valence-corrected chi connectivity index (χ0v) is 11.4. The molecule has 2 unspecified atom stereocenters. The fraction of sp³-hybridized carbons (Fsp3) is 0.667. The number of rotatable bonds is 3. The molecule has 1 saturated heterocycles. The maximum Gasteiger partial charge on any atom is 0.144 e. The van der Waals surface area contributed by atoms with E-state index in [1.165, 1.54) is 0 Å². The average molecular weight is 272 g/mol. The smallest absolute Gasteiger partial charge is 0.144 e. The number of ether oxygens (including phenoxy) is 1. The molecule has 6 heteroatoms. The van der Waals surface area contributed by atoms with Gasteiger partial charge in [0.25, 0.3) is 0 Å². The topological polar surface area (TPSA) is 58.5 Å². The van der Waals surface area contributed by atoms with E-state index in [4.69, 9.17) is 16.3 Å². The highest BCUT2D eigenvalue weighted by atomic mass is 35.5. The third-order valence-corrected chi connectivity index (χ3v) is 3.03. The summed E-state index contributed by atoms with van der Waals surface area (Å²) in [5.41, 5.74) is 0.866. The Bertz CT molecular complexity index is 396. The summed E-state index contributed by atoms with van der Waals surface area (Å²) >= 11 is 5.92. The van der Waals surface area contributed by atoms with Crippen LogP contribution in [0.1, 0.15) is 18.4 Å². The van der Waals surface area contributed by atoms with Crippen LogP contribution in [0, 0.1) is 6.92 Å². The van der Waals surface area contributed by atoms with Gasteiger partial charge in [-0.2, -0.15) is 0 Å². The number of aryl methyl sites for hydroxylation is 1. The molecule has 2 rings (SSSR count). The number of hydrogen-bond donors (Lipinski definition) is 1. The van der Waals surface area contributed by atoms with E-state index in [2.05, 4.69) is 14.9 Å². The molecule has 1 aliphatic heterocycles. The second-order valence-electron chi connectivity index (χ2n) is 4.69. The molecule has 2 heterocycles. The van der Waals surface area contributed by atoms with Crippen LogP contribution in [0.15, 0.2) is 6.07 Å². The zero-order valence-electron chi connectivity index (χ0n) is 10.6. The van der Waals surface area contributed by atoms with Crippen molar-refractivity contribution in [3.8, 4) is 0 Å². The lowest BCUT2D eigenvalue weighted by Gasteiger charge is -2.35. The SMILES string of the molecule is Cc1cc(Cl)nc(CN2CC(C)OC(CO)C2)n1. The van der Waals surface area contributed by atoms with Gasteiger partial charge in [-0.1, -0.05) is 11.6 Å². The summed E-state index contributed by atoms with van der Waals surface area (Å²) in [4.78, 5) is 10.8. The number of aromatic nitrogens is 2. The van der Waals surface area contributed by atoms with Gasteiger partial charge in [-0.25, -0.2) is 9.97 Å². The van der Waals surface area contributed by atoms with Crippen LogP contribution in [0.5, 0.6) is 0 Å². The van der Waals surface area contributed by atoms with Gasteiger partial charge in [0.15, 0.2) is 0 Å². The normalized spacial score (nSPS) is 25.3. The third-order valence-electron chi connectivity index (χ3n) is 2.84.